The van der Waals surface area contributed by atoms with Gasteiger partial charge in [-0.25, -0.2) is 0 Å². The summed E-state index contributed by atoms with van der Waals surface area (Å²) in [4.78, 5) is 12.5. The zero-order chi connectivity index (χ0) is 15.8. The third kappa shape index (κ3) is 2.45. The summed E-state index contributed by atoms with van der Waals surface area (Å²) in [7, 11) is 0. The Labute approximate surface area is 137 Å². The second-order valence-corrected chi connectivity index (χ2v) is 6.26. The van der Waals surface area contributed by atoms with Crippen molar-refractivity contribution >= 4 is 27.5 Å². The summed E-state index contributed by atoms with van der Waals surface area (Å²) in [5.74, 6) is 1.42. The van der Waals surface area contributed by atoms with Gasteiger partial charge in [0.15, 0.2) is 11.5 Å². The summed E-state index contributed by atoms with van der Waals surface area (Å²) in [6.07, 6.45) is 0. The molecule has 1 aliphatic heterocycles. The average molecular weight is 328 g/mol. The van der Waals surface area contributed by atoms with Crippen LogP contribution >= 0.6 is 11.3 Å². The Hall–Kier alpha value is -2.47. The molecule has 0 saturated carbocycles. The van der Waals surface area contributed by atoms with E-state index in [1.807, 2.05) is 41.1 Å². The molecule has 0 saturated heterocycles. The predicted octanol–water partition coefficient (Wildman–Crippen LogP) is 3.38. The van der Waals surface area contributed by atoms with Gasteiger partial charge in [0.2, 0.25) is 6.79 Å². The highest BCUT2D eigenvalue weighted by atomic mass is 32.1. The van der Waals surface area contributed by atoms with E-state index in [4.69, 9.17) is 9.47 Å². The molecule has 1 amide bonds. The number of rotatable bonds is 4. The lowest BCUT2D eigenvalue weighted by Gasteiger charge is -2.09. The van der Waals surface area contributed by atoms with Gasteiger partial charge in [-0.05, 0) is 42.1 Å². The molecule has 23 heavy (non-hydrogen) atoms. The smallest absolute Gasteiger partial charge is 0.268 e. The van der Waals surface area contributed by atoms with Crippen LogP contribution in [0.3, 0.4) is 0 Å². The fraction of sp³-hybridized carbons (Fsp3) is 0.235. The van der Waals surface area contributed by atoms with Crippen LogP contribution in [0.5, 0.6) is 11.5 Å². The van der Waals surface area contributed by atoms with Crippen LogP contribution in [-0.4, -0.2) is 17.3 Å². The van der Waals surface area contributed by atoms with Gasteiger partial charge in [0.1, 0.15) is 5.69 Å². The lowest BCUT2D eigenvalue weighted by atomic mass is 10.2. The molecule has 6 heteroatoms. The van der Waals surface area contributed by atoms with E-state index in [1.54, 1.807) is 11.3 Å². The van der Waals surface area contributed by atoms with Gasteiger partial charge in [0.05, 0.1) is 10.2 Å². The number of benzene rings is 1. The zero-order valence-corrected chi connectivity index (χ0v) is 13.5. The number of aromatic nitrogens is 1. The van der Waals surface area contributed by atoms with E-state index in [-0.39, 0.29) is 12.7 Å². The van der Waals surface area contributed by atoms with E-state index in [9.17, 15) is 4.79 Å². The minimum atomic E-state index is -0.0621. The number of fused-ring (bicyclic) bond motifs is 2. The highest BCUT2D eigenvalue weighted by molar-refractivity contribution is 7.17. The van der Waals surface area contributed by atoms with E-state index in [0.29, 0.717) is 12.2 Å². The quantitative estimate of drug-likeness (QED) is 0.799. The van der Waals surface area contributed by atoms with Gasteiger partial charge in [-0.3, -0.25) is 4.79 Å². The van der Waals surface area contributed by atoms with E-state index >= 15 is 0 Å². The Morgan fingerprint density at radius 1 is 1.26 bits per heavy atom. The van der Waals surface area contributed by atoms with Crippen molar-refractivity contribution in [2.75, 3.05) is 6.79 Å². The molecule has 0 fully saturated rings. The second kappa shape index (κ2) is 5.62. The topological polar surface area (TPSA) is 52.5 Å². The zero-order valence-electron chi connectivity index (χ0n) is 12.7. The fourth-order valence-corrected chi connectivity index (χ4v) is 3.65. The Morgan fingerprint density at radius 3 is 3.00 bits per heavy atom. The standard InChI is InChI=1S/C17H16N2O3S/c1-2-19-12-5-6-23-16(12)8-13(19)17(20)18-9-11-3-4-14-15(7-11)22-10-21-14/h3-8H,2,9-10H2,1H3,(H,18,20). The molecule has 0 aliphatic carbocycles. The molecule has 0 atom stereocenters. The van der Waals surface area contributed by atoms with E-state index < -0.39 is 0 Å². The summed E-state index contributed by atoms with van der Waals surface area (Å²) >= 11 is 1.65. The van der Waals surface area contributed by atoms with Crippen LogP contribution in [0.15, 0.2) is 35.7 Å². The van der Waals surface area contributed by atoms with Gasteiger partial charge in [0, 0.05) is 13.1 Å². The first-order valence-electron chi connectivity index (χ1n) is 7.49. The van der Waals surface area contributed by atoms with Crippen LogP contribution in [0.2, 0.25) is 0 Å². The summed E-state index contributed by atoms with van der Waals surface area (Å²) in [6.45, 7) is 3.53. The van der Waals surface area contributed by atoms with Gasteiger partial charge >= 0.3 is 0 Å². The maximum Gasteiger partial charge on any atom is 0.268 e. The van der Waals surface area contributed by atoms with E-state index in [1.165, 1.54) is 0 Å². The highest BCUT2D eigenvalue weighted by Gasteiger charge is 2.16. The van der Waals surface area contributed by atoms with Crippen molar-refractivity contribution in [3.05, 3.63) is 47.0 Å². The van der Waals surface area contributed by atoms with Gasteiger partial charge < -0.3 is 19.4 Å². The van der Waals surface area contributed by atoms with Crippen molar-refractivity contribution in [1.29, 1.82) is 0 Å². The Morgan fingerprint density at radius 2 is 2.13 bits per heavy atom. The first kappa shape index (κ1) is 14.1. The molecule has 1 N–H and O–H groups in total. The van der Waals surface area contributed by atoms with E-state index in [2.05, 4.69) is 11.4 Å². The Kier molecular flexibility index (Phi) is 3.46. The maximum atomic E-state index is 12.5. The minimum absolute atomic E-state index is 0.0621. The molecular weight excluding hydrogens is 312 g/mol. The SMILES string of the molecule is CCn1c(C(=O)NCc2ccc3c(c2)OCO3)cc2sccc21. The summed E-state index contributed by atoms with van der Waals surface area (Å²) in [6, 6.07) is 9.72. The number of hydrogen-bond donors (Lipinski definition) is 1. The number of nitrogens with zero attached hydrogens (tertiary/aromatic N) is 1. The fourth-order valence-electron chi connectivity index (χ4n) is 2.83. The first-order valence-corrected chi connectivity index (χ1v) is 8.37. The summed E-state index contributed by atoms with van der Waals surface area (Å²) < 4.78 is 13.8. The van der Waals surface area contributed by atoms with Gasteiger partial charge in [-0.2, -0.15) is 0 Å². The number of aryl methyl sites for hydroxylation is 1. The van der Waals surface area contributed by atoms with Gasteiger partial charge in [-0.1, -0.05) is 6.07 Å². The normalized spacial score (nSPS) is 12.7. The first-order chi connectivity index (χ1) is 11.3. The van der Waals surface area contributed by atoms with Crippen LogP contribution in [0.4, 0.5) is 0 Å². The summed E-state index contributed by atoms with van der Waals surface area (Å²) in [5.41, 5.74) is 2.81. The molecule has 5 nitrogen and oxygen atoms in total. The lowest BCUT2D eigenvalue weighted by Crippen LogP contribution is -2.25. The van der Waals surface area contributed by atoms with Crippen LogP contribution in [0, 0.1) is 0 Å². The van der Waals surface area contributed by atoms with Crippen molar-refractivity contribution < 1.29 is 14.3 Å². The van der Waals surface area contributed by atoms with Crippen molar-refractivity contribution in [2.45, 2.75) is 20.0 Å². The number of ether oxygens (including phenoxy) is 2. The maximum absolute atomic E-state index is 12.5. The highest BCUT2D eigenvalue weighted by Crippen LogP contribution is 2.32. The van der Waals surface area contributed by atoms with Crippen LogP contribution < -0.4 is 14.8 Å². The van der Waals surface area contributed by atoms with Crippen molar-refractivity contribution in [3.63, 3.8) is 0 Å². The average Bonchev–Trinajstić information content (AvgIpc) is 3.26. The molecule has 118 valence electrons. The molecule has 1 aliphatic rings. The van der Waals surface area contributed by atoms with Crippen molar-refractivity contribution in [3.8, 4) is 11.5 Å². The number of carbonyl (C=O) groups is 1. The largest absolute Gasteiger partial charge is 0.454 e. The number of hydrogen-bond acceptors (Lipinski definition) is 4. The number of carbonyl (C=O) groups excluding carboxylic acids is 1. The molecule has 0 radical (unpaired) electrons. The van der Waals surface area contributed by atoms with Crippen molar-refractivity contribution in [2.24, 2.45) is 0 Å². The number of amides is 1. The second-order valence-electron chi connectivity index (χ2n) is 5.31. The third-order valence-electron chi connectivity index (χ3n) is 3.96. The minimum Gasteiger partial charge on any atom is -0.454 e. The van der Waals surface area contributed by atoms with Gasteiger partial charge in [-0.15, -0.1) is 11.3 Å². The van der Waals surface area contributed by atoms with Crippen molar-refractivity contribution in [1.82, 2.24) is 9.88 Å². The number of nitrogens with one attached hydrogen (secondary N) is 1. The molecule has 2 aromatic heterocycles. The third-order valence-corrected chi connectivity index (χ3v) is 4.81. The van der Waals surface area contributed by atoms with Crippen LogP contribution in [-0.2, 0) is 13.1 Å². The molecular formula is C17H16N2O3S. The van der Waals surface area contributed by atoms with Gasteiger partial charge in [0.25, 0.3) is 5.91 Å². The molecule has 1 aromatic carbocycles. The Balaban J connectivity index is 1.52. The Bertz CT molecular complexity index is 881. The molecule has 0 bridgehead atoms. The van der Waals surface area contributed by atoms with E-state index in [0.717, 1.165) is 33.8 Å². The number of thiophene rings is 1. The lowest BCUT2D eigenvalue weighted by molar-refractivity contribution is 0.0942. The molecule has 0 unspecified atom stereocenters. The van der Waals surface area contributed by atoms with Crippen LogP contribution in [0.25, 0.3) is 10.2 Å². The monoisotopic (exact) mass is 328 g/mol. The molecule has 0 spiro atoms. The molecule has 3 heterocycles. The van der Waals surface area contributed by atoms with Crippen LogP contribution in [0.1, 0.15) is 23.0 Å². The molecule has 3 aromatic rings. The predicted molar refractivity (Wildman–Crippen MR) is 89.2 cm³/mol. The summed E-state index contributed by atoms with van der Waals surface area (Å²) in [5, 5.41) is 5.03. The molecule has 4 rings (SSSR count).